The van der Waals surface area contributed by atoms with E-state index in [0.29, 0.717) is 25.8 Å². The molecule has 19 heavy (non-hydrogen) atoms. The number of carbonyl (C=O) groups excluding carboxylic acids is 1. The summed E-state index contributed by atoms with van der Waals surface area (Å²) >= 11 is 0. The Morgan fingerprint density at radius 1 is 1.42 bits per heavy atom. The molecule has 0 aliphatic carbocycles. The van der Waals surface area contributed by atoms with Crippen LogP contribution in [0.2, 0.25) is 0 Å². The Balaban J connectivity index is 3.10. The summed E-state index contributed by atoms with van der Waals surface area (Å²) in [7, 11) is 1.50. The predicted octanol–water partition coefficient (Wildman–Crippen LogP) is 2.05. The van der Waals surface area contributed by atoms with Gasteiger partial charge < -0.3 is 14.7 Å². The summed E-state index contributed by atoms with van der Waals surface area (Å²) < 4.78 is 5.33. The summed E-state index contributed by atoms with van der Waals surface area (Å²) in [6.07, 6.45) is 3.04. The molecule has 1 rings (SSSR count). The van der Waals surface area contributed by atoms with E-state index in [0.717, 1.165) is 12.8 Å². The van der Waals surface area contributed by atoms with E-state index in [1.54, 1.807) is 6.92 Å². The fraction of sp³-hybridized carbons (Fsp3) is 0.857. The lowest BCUT2D eigenvalue weighted by Gasteiger charge is -2.39. The van der Waals surface area contributed by atoms with Gasteiger partial charge in [0.2, 0.25) is 0 Å². The third kappa shape index (κ3) is 2.61. The van der Waals surface area contributed by atoms with Crippen molar-refractivity contribution < 1.29 is 19.4 Å². The molecular weight excluding hydrogens is 246 g/mol. The molecule has 1 saturated heterocycles. The Hall–Kier alpha value is -1.10. The maximum absolute atomic E-state index is 12.7. The summed E-state index contributed by atoms with van der Waals surface area (Å²) in [5.74, 6) is -1.10. The highest BCUT2D eigenvalue weighted by Gasteiger charge is 2.52. The summed E-state index contributed by atoms with van der Waals surface area (Å²) in [4.78, 5) is 25.9. The molecule has 0 bridgehead atoms. The van der Waals surface area contributed by atoms with E-state index in [9.17, 15) is 14.7 Å². The van der Waals surface area contributed by atoms with E-state index in [-0.39, 0.29) is 5.91 Å². The lowest BCUT2D eigenvalue weighted by Crippen LogP contribution is -2.59. The minimum absolute atomic E-state index is 0.203. The molecule has 5 nitrogen and oxygen atoms in total. The third-order valence-corrected chi connectivity index (χ3v) is 4.37. The number of likely N-dealkylation sites (tertiary alicyclic amines) is 1. The molecule has 1 aliphatic rings. The van der Waals surface area contributed by atoms with Gasteiger partial charge in [-0.15, -0.1) is 0 Å². The number of amides is 1. The van der Waals surface area contributed by atoms with Gasteiger partial charge in [0.15, 0.2) is 0 Å². The number of aliphatic carboxylic acids is 1. The van der Waals surface area contributed by atoms with Crippen LogP contribution in [0.25, 0.3) is 0 Å². The molecule has 110 valence electrons. The quantitative estimate of drug-likeness (QED) is 0.803. The van der Waals surface area contributed by atoms with E-state index < -0.39 is 17.1 Å². The van der Waals surface area contributed by atoms with Crippen LogP contribution in [0.15, 0.2) is 0 Å². The first-order chi connectivity index (χ1) is 8.88. The van der Waals surface area contributed by atoms with Gasteiger partial charge in [-0.05, 0) is 32.6 Å². The molecule has 0 aromatic rings. The van der Waals surface area contributed by atoms with Crippen LogP contribution in [-0.4, -0.2) is 46.7 Å². The van der Waals surface area contributed by atoms with E-state index in [1.807, 2.05) is 13.8 Å². The molecule has 0 saturated carbocycles. The molecule has 1 heterocycles. The Bertz CT molecular complexity index is 351. The van der Waals surface area contributed by atoms with Crippen molar-refractivity contribution in [2.45, 2.75) is 64.0 Å². The molecule has 1 fully saturated rings. The Morgan fingerprint density at radius 3 is 2.47 bits per heavy atom. The number of hydrogen-bond donors (Lipinski definition) is 1. The number of carbonyl (C=O) groups is 2. The van der Waals surface area contributed by atoms with Crippen molar-refractivity contribution in [2.75, 3.05) is 13.7 Å². The van der Waals surface area contributed by atoms with Crippen molar-refractivity contribution in [3.05, 3.63) is 0 Å². The van der Waals surface area contributed by atoms with Gasteiger partial charge in [-0.1, -0.05) is 20.3 Å². The zero-order valence-corrected chi connectivity index (χ0v) is 12.4. The van der Waals surface area contributed by atoms with Crippen LogP contribution < -0.4 is 0 Å². The van der Waals surface area contributed by atoms with E-state index in [2.05, 4.69) is 0 Å². The van der Waals surface area contributed by atoms with Gasteiger partial charge in [-0.25, -0.2) is 4.79 Å². The maximum atomic E-state index is 12.7. The molecule has 1 amide bonds. The molecular formula is C14H25NO4. The molecule has 2 atom stereocenters. The van der Waals surface area contributed by atoms with Gasteiger partial charge in [0, 0.05) is 13.7 Å². The average molecular weight is 271 g/mol. The summed E-state index contributed by atoms with van der Waals surface area (Å²) in [5.41, 5.74) is -1.97. The molecule has 1 N–H and O–H groups in total. The standard InChI is InChI=1S/C14H25NO4/c1-5-8-14(12(17)18)9-7-10-15(14)11(16)13(3,6-2)19-4/h5-10H2,1-4H3,(H,17,18). The van der Waals surface area contributed by atoms with E-state index in [4.69, 9.17) is 4.74 Å². The number of ether oxygens (including phenoxy) is 1. The molecule has 1 aliphatic heterocycles. The van der Waals surface area contributed by atoms with Gasteiger partial charge in [-0.2, -0.15) is 0 Å². The van der Waals surface area contributed by atoms with Crippen LogP contribution in [0.1, 0.15) is 52.9 Å². The third-order valence-electron chi connectivity index (χ3n) is 4.37. The van der Waals surface area contributed by atoms with Gasteiger partial charge in [0.1, 0.15) is 11.1 Å². The smallest absolute Gasteiger partial charge is 0.329 e. The Labute approximate surface area is 114 Å². The molecule has 0 radical (unpaired) electrons. The van der Waals surface area contributed by atoms with Gasteiger partial charge in [-0.3, -0.25) is 4.79 Å². The number of hydrogen-bond acceptors (Lipinski definition) is 3. The molecule has 0 spiro atoms. The van der Waals surface area contributed by atoms with Crippen LogP contribution >= 0.6 is 0 Å². The van der Waals surface area contributed by atoms with Crippen molar-refractivity contribution in [1.29, 1.82) is 0 Å². The van der Waals surface area contributed by atoms with E-state index in [1.165, 1.54) is 12.0 Å². The zero-order valence-electron chi connectivity index (χ0n) is 12.4. The monoisotopic (exact) mass is 271 g/mol. The zero-order chi connectivity index (χ0) is 14.7. The maximum Gasteiger partial charge on any atom is 0.329 e. The molecule has 0 aromatic carbocycles. The van der Waals surface area contributed by atoms with Crippen LogP contribution in [-0.2, 0) is 14.3 Å². The van der Waals surface area contributed by atoms with Crippen LogP contribution in [0, 0.1) is 0 Å². The summed E-state index contributed by atoms with van der Waals surface area (Å²) in [6.45, 7) is 6.05. The fourth-order valence-electron chi connectivity index (χ4n) is 2.85. The highest BCUT2D eigenvalue weighted by molar-refractivity contribution is 5.92. The fourth-order valence-corrected chi connectivity index (χ4v) is 2.85. The number of nitrogens with zero attached hydrogens (tertiary/aromatic N) is 1. The first-order valence-electron chi connectivity index (χ1n) is 6.98. The van der Waals surface area contributed by atoms with Crippen molar-refractivity contribution in [3.63, 3.8) is 0 Å². The highest BCUT2D eigenvalue weighted by atomic mass is 16.5. The van der Waals surface area contributed by atoms with Crippen molar-refractivity contribution in [1.82, 2.24) is 4.90 Å². The average Bonchev–Trinajstić information content (AvgIpc) is 2.82. The second kappa shape index (κ2) is 5.90. The minimum Gasteiger partial charge on any atom is -0.479 e. The number of carboxylic acid groups (broad SMARTS) is 1. The first kappa shape index (κ1) is 16.0. The lowest BCUT2D eigenvalue weighted by atomic mass is 9.89. The van der Waals surface area contributed by atoms with Crippen LogP contribution in [0.3, 0.4) is 0 Å². The summed E-state index contributed by atoms with van der Waals surface area (Å²) in [5, 5.41) is 9.59. The molecule has 5 heteroatoms. The highest BCUT2D eigenvalue weighted by Crippen LogP contribution is 2.36. The van der Waals surface area contributed by atoms with Crippen LogP contribution in [0.4, 0.5) is 0 Å². The Kier molecular flexibility index (Phi) is 4.96. The largest absolute Gasteiger partial charge is 0.479 e. The number of methoxy groups -OCH3 is 1. The van der Waals surface area contributed by atoms with Gasteiger partial charge in [0.05, 0.1) is 0 Å². The minimum atomic E-state index is -1.04. The predicted molar refractivity (Wildman–Crippen MR) is 71.9 cm³/mol. The SMILES string of the molecule is CCCC1(C(=O)O)CCCN1C(=O)C(C)(CC)OC. The lowest BCUT2D eigenvalue weighted by molar-refractivity contribution is -0.168. The van der Waals surface area contributed by atoms with E-state index >= 15 is 0 Å². The normalized spacial score (nSPS) is 26.2. The summed E-state index contributed by atoms with van der Waals surface area (Å²) in [6, 6.07) is 0. The first-order valence-corrected chi connectivity index (χ1v) is 6.98. The van der Waals surface area contributed by atoms with Crippen molar-refractivity contribution in [3.8, 4) is 0 Å². The van der Waals surface area contributed by atoms with Crippen molar-refractivity contribution in [2.24, 2.45) is 0 Å². The second-order valence-corrected chi connectivity index (χ2v) is 5.44. The molecule has 0 aromatic heterocycles. The Morgan fingerprint density at radius 2 is 2.05 bits per heavy atom. The van der Waals surface area contributed by atoms with Gasteiger partial charge in [0.25, 0.3) is 5.91 Å². The molecule has 2 unspecified atom stereocenters. The number of carboxylic acids is 1. The second-order valence-electron chi connectivity index (χ2n) is 5.44. The number of rotatable bonds is 6. The van der Waals surface area contributed by atoms with Crippen molar-refractivity contribution >= 4 is 11.9 Å². The van der Waals surface area contributed by atoms with Crippen LogP contribution in [0.5, 0.6) is 0 Å². The van der Waals surface area contributed by atoms with Gasteiger partial charge >= 0.3 is 5.97 Å². The topological polar surface area (TPSA) is 66.8 Å².